The maximum atomic E-state index is 11.5. The van der Waals surface area contributed by atoms with Gasteiger partial charge in [0, 0.05) is 31.9 Å². The summed E-state index contributed by atoms with van der Waals surface area (Å²) in [6.45, 7) is 4.59. The van der Waals surface area contributed by atoms with E-state index in [0.717, 1.165) is 30.8 Å². The van der Waals surface area contributed by atoms with Crippen LogP contribution in [-0.4, -0.2) is 32.0 Å². The largest absolute Gasteiger partial charge is 0.376 e. The lowest BCUT2D eigenvalue weighted by atomic mass is 10.2. The summed E-state index contributed by atoms with van der Waals surface area (Å²) >= 11 is 0. The van der Waals surface area contributed by atoms with Gasteiger partial charge in [0.1, 0.15) is 0 Å². The summed E-state index contributed by atoms with van der Waals surface area (Å²) in [7, 11) is 1.73. The molecule has 2 N–H and O–H groups in total. The topological polar surface area (TPSA) is 61.4 Å². The fourth-order valence-corrected chi connectivity index (χ4v) is 1.63. The summed E-state index contributed by atoms with van der Waals surface area (Å²) in [6.07, 6.45) is 2.07. The van der Waals surface area contributed by atoms with Crippen molar-refractivity contribution in [1.82, 2.24) is 5.32 Å². The molecule has 0 saturated carbocycles. The van der Waals surface area contributed by atoms with E-state index >= 15 is 0 Å². The number of carbonyl (C=O) groups excluding carboxylic acids is 2. The summed E-state index contributed by atoms with van der Waals surface area (Å²) in [5, 5.41) is 5.90. The first-order chi connectivity index (χ1) is 9.54. The third-order valence-electron chi connectivity index (χ3n) is 3.03. The van der Waals surface area contributed by atoms with Gasteiger partial charge in [-0.25, -0.2) is 0 Å². The molecule has 1 rings (SSSR count). The summed E-state index contributed by atoms with van der Waals surface area (Å²) in [5.74, 6) is -0.0237. The number of nitrogens with zero attached hydrogens (tertiary/aromatic N) is 1. The van der Waals surface area contributed by atoms with Crippen LogP contribution in [0.3, 0.4) is 0 Å². The molecule has 0 aliphatic rings. The molecule has 1 aromatic rings. The van der Waals surface area contributed by atoms with Crippen LogP contribution in [0.5, 0.6) is 0 Å². The second-order valence-corrected chi connectivity index (χ2v) is 4.68. The van der Waals surface area contributed by atoms with E-state index in [0.29, 0.717) is 0 Å². The number of unbranched alkanes of at least 4 members (excludes halogenated alkanes) is 1. The minimum atomic E-state index is -0.0130. The van der Waals surface area contributed by atoms with Crippen LogP contribution in [0.4, 0.5) is 11.4 Å². The number of amides is 2. The van der Waals surface area contributed by atoms with E-state index in [9.17, 15) is 9.59 Å². The lowest BCUT2D eigenvalue weighted by Gasteiger charge is -2.15. The molecule has 0 bridgehead atoms. The van der Waals surface area contributed by atoms with E-state index in [1.54, 1.807) is 11.9 Å². The average molecular weight is 277 g/mol. The van der Waals surface area contributed by atoms with Crippen molar-refractivity contribution in [3.8, 4) is 0 Å². The number of hydrogen-bond donors (Lipinski definition) is 2. The van der Waals surface area contributed by atoms with Crippen LogP contribution in [-0.2, 0) is 9.59 Å². The molecule has 1 aromatic carbocycles. The van der Waals surface area contributed by atoms with Crippen LogP contribution in [0.1, 0.15) is 26.7 Å². The molecule has 20 heavy (non-hydrogen) atoms. The first-order valence-corrected chi connectivity index (χ1v) is 6.89. The standard InChI is InChI=1S/C15H23N3O2/c1-4-5-10-16-15(20)11-17-13-6-8-14(9-7-13)18(3)12(2)19/h6-9,17H,4-5,10-11H2,1-3H3,(H,16,20). The molecule has 2 amide bonds. The summed E-state index contributed by atoms with van der Waals surface area (Å²) in [4.78, 5) is 24.3. The Kier molecular flexibility index (Phi) is 6.56. The lowest BCUT2D eigenvalue weighted by Crippen LogP contribution is -2.30. The Morgan fingerprint density at radius 2 is 1.85 bits per heavy atom. The molecule has 0 spiro atoms. The van der Waals surface area contributed by atoms with E-state index in [2.05, 4.69) is 17.6 Å². The van der Waals surface area contributed by atoms with Crippen LogP contribution >= 0.6 is 0 Å². The number of rotatable bonds is 7. The third kappa shape index (κ3) is 5.30. The van der Waals surface area contributed by atoms with Gasteiger partial charge in [-0.05, 0) is 30.7 Å². The smallest absolute Gasteiger partial charge is 0.239 e. The molecular formula is C15H23N3O2. The van der Waals surface area contributed by atoms with Crippen LogP contribution < -0.4 is 15.5 Å². The van der Waals surface area contributed by atoms with Gasteiger partial charge in [-0.1, -0.05) is 13.3 Å². The minimum Gasteiger partial charge on any atom is -0.376 e. The van der Waals surface area contributed by atoms with Crippen LogP contribution in [0.25, 0.3) is 0 Å². The first kappa shape index (κ1) is 16.0. The first-order valence-electron chi connectivity index (χ1n) is 6.89. The Balaban J connectivity index is 2.42. The molecule has 0 radical (unpaired) electrons. The van der Waals surface area contributed by atoms with E-state index in [4.69, 9.17) is 0 Å². The molecule has 0 atom stereocenters. The Morgan fingerprint density at radius 3 is 2.40 bits per heavy atom. The Labute approximate surface area is 120 Å². The molecule has 0 heterocycles. The van der Waals surface area contributed by atoms with Crippen molar-refractivity contribution < 1.29 is 9.59 Å². The van der Waals surface area contributed by atoms with Crippen molar-refractivity contribution in [3.05, 3.63) is 24.3 Å². The molecule has 0 aliphatic heterocycles. The van der Waals surface area contributed by atoms with Gasteiger partial charge in [0.2, 0.25) is 11.8 Å². The van der Waals surface area contributed by atoms with Gasteiger partial charge >= 0.3 is 0 Å². The molecule has 0 aliphatic carbocycles. The van der Waals surface area contributed by atoms with Crippen molar-refractivity contribution >= 4 is 23.2 Å². The fourth-order valence-electron chi connectivity index (χ4n) is 1.63. The van der Waals surface area contributed by atoms with Crippen LogP contribution in [0, 0.1) is 0 Å². The van der Waals surface area contributed by atoms with Gasteiger partial charge in [-0.3, -0.25) is 9.59 Å². The maximum absolute atomic E-state index is 11.5. The number of anilines is 2. The highest BCUT2D eigenvalue weighted by Crippen LogP contribution is 2.16. The maximum Gasteiger partial charge on any atom is 0.239 e. The summed E-state index contributed by atoms with van der Waals surface area (Å²) in [5.41, 5.74) is 1.69. The van der Waals surface area contributed by atoms with E-state index in [-0.39, 0.29) is 18.4 Å². The number of hydrogen-bond acceptors (Lipinski definition) is 3. The molecular weight excluding hydrogens is 254 g/mol. The molecule has 0 saturated heterocycles. The zero-order valence-corrected chi connectivity index (χ0v) is 12.4. The zero-order valence-electron chi connectivity index (χ0n) is 12.4. The van der Waals surface area contributed by atoms with Crippen LogP contribution in [0.15, 0.2) is 24.3 Å². The Bertz CT molecular complexity index is 443. The van der Waals surface area contributed by atoms with E-state index in [1.165, 1.54) is 6.92 Å². The third-order valence-corrected chi connectivity index (χ3v) is 3.03. The van der Waals surface area contributed by atoms with E-state index in [1.807, 2.05) is 24.3 Å². The molecule has 5 heteroatoms. The van der Waals surface area contributed by atoms with Crippen molar-refractivity contribution in [2.75, 3.05) is 30.4 Å². The molecule has 5 nitrogen and oxygen atoms in total. The number of benzene rings is 1. The highest BCUT2D eigenvalue weighted by atomic mass is 16.2. The normalized spacial score (nSPS) is 9.95. The second-order valence-electron chi connectivity index (χ2n) is 4.68. The monoisotopic (exact) mass is 277 g/mol. The van der Waals surface area contributed by atoms with Gasteiger partial charge in [0.15, 0.2) is 0 Å². The molecule has 110 valence electrons. The lowest BCUT2D eigenvalue weighted by molar-refractivity contribution is -0.119. The fraction of sp³-hybridized carbons (Fsp3) is 0.467. The SMILES string of the molecule is CCCCNC(=O)CNc1ccc(N(C)C(C)=O)cc1. The Morgan fingerprint density at radius 1 is 1.20 bits per heavy atom. The van der Waals surface area contributed by atoms with Gasteiger partial charge < -0.3 is 15.5 Å². The van der Waals surface area contributed by atoms with Crippen molar-refractivity contribution in [2.45, 2.75) is 26.7 Å². The number of nitrogens with one attached hydrogen (secondary N) is 2. The molecule has 0 aromatic heterocycles. The van der Waals surface area contributed by atoms with Gasteiger partial charge in [0.05, 0.1) is 6.54 Å². The summed E-state index contributed by atoms with van der Waals surface area (Å²) in [6, 6.07) is 7.40. The predicted molar refractivity (Wildman–Crippen MR) is 81.9 cm³/mol. The quantitative estimate of drug-likeness (QED) is 0.749. The van der Waals surface area contributed by atoms with Crippen LogP contribution in [0.2, 0.25) is 0 Å². The van der Waals surface area contributed by atoms with Crippen molar-refractivity contribution in [2.24, 2.45) is 0 Å². The highest BCUT2D eigenvalue weighted by molar-refractivity contribution is 5.91. The predicted octanol–water partition coefficient (Wildman–Crippen LogP) is 2.00. The van der Waals surface area contributed by atoms with Gasteiger partial charge in [-0.2, -0.15) is 0 Å². The highest BCUT2D eigenvalue weighted by Gasteiger charge is 2.05. The zero-order chi connectivity index (χ0) is 15.0. The van der Waals surface area contributed by atoms with Crippen molar-refractivity contribution in [3.63, 3.8) is 0 Å². The Hall–Kier alpha value is -2.04. The van der Waals surface area contributed by atoms with Gasteiger partial charge in [-0.15, -0.1) is 0 Å². The average Bonchev–Trinajstić information content (AvgIpc) is 2.45. The second kappa shape index (κ2) is 8.19. The minimum absolute atomic E-state index is 0.0108. The number of carbonyl (C=O) groups is 2. The van der Waals surface area contributed by atoms with E-state index < -0.39 is 0 Å². The molecule has 0 fully saturated rings. The molecule has 0 unspecified atom stereocenters. The van der Waals surface area contributed by atoms with Crippen molar-refractivity contribution in [1.29, 1.82) is 0 Å². The summed E-state index contributed by atoms with van der Waals surface area (Å²) < 4.78 is 0. The van der Waals surface area contributed by atoms with Gasteiger partial charge in [0.25, 0.3) is 0 Å².